The van der Waals surface area contributed by atoms with Crippen LogP contribution >= 0.6 is 11.6 Å². The Morgan fingerprint density at radius 2 is 1.82 bits per heavy atom. The molecule has 1 aromatic rings. The number of hydrogen-bond donors (Lipinski definition) is 1. The fourth-order valence-corrected chi connectivity index (χ4v) is 0.313. The zero-order valence-electron chi connectivity index (χ0n) is 5.90. The van der Waals surface area contributed by atoms with E-state index in [1.165, 1.54) is 0 Å². The van der Waals surface area contributed by atoms with Gasteiger partial charge in [0.1, 0.15) is 5.88 Å². The van der Waals surface area contributed by atoms with Crippen molar-refractivity contribution in [3.8, 4) is 0 Å². The van der Waals surface area contributed by atoms with Gasteiger partial charge < -0.3 is 5.73 Å². The quantitative estimate of drug-likeness (QED) is 0.637. The fraction of sp³-hybridized carbons (Fsp3) is 0.143. The number of hydrogen-bond acceptors (Lipinski definition) is 2. The molecular formula is C7H9ClN2O. The Hall–Kier alpha value is -1.09. The third-order valence-corrected chi connectivity index (χ3v) is 0.962. The van der Waals surface area contributed by atoms with Gasteiger partial charge in [-0.3, -0.25) is 9.78 Å². The number of amides is 1. The molecule has 0 fully saturated rings. The second-order valence-electron chi connectivity index (χ2n) is 1.62. The van der Waals surface area contributed by atoms with E-state index in [9.17, 15) is 4.79 Å². The molecule has 0 aliphatic rings. The van der Waals surface area contributed by atoms with Crippen LogP contribution in [0.4, 0.5) is 0 Å². The molecule has 1 rings (SSSR count). The van der Waals surface area contributed by atoms with Gasteiger partial charge in [0.25, 0.3) is 0 Å². The molecule has 0 saturated heterocycles. The number of halogens is 1. The molecule has 11 heavy (non-hydrogen) atoms. The van der Waals surface area contributed by atoms with Gasteiger partial charge in [-0.2, -0.15) is 0 Å². The lowest BCUT2D eigenvalue weighted by molar-refractivity contribution is -0.115. The molecule has 2 N–H and O–H groups in total. The third kappa shape index (κ3) is 8.91. The summed E-state index contributed by atoms with van der Waals surface area (Å²) in [5, 5.41) is 0. The van der Waals surface area contributed by atoms with Crippen molar-refractivity contribution in [3.63, 3.8) is 0 Å². The van der Waals surface area contributed by atoms with E-state index in [2.05, 4.69) is 10.7 Å². The number of rotatable bonds is 1. The van der Waals surface area contributed by atoms with Crippen molar-refractivity contribution in [1.82, 2.24) is 4.98 Å². The van der Waals surface area contributed by atoms with E-state index in [0.29, 0.717) is 0 Å². The van der Waals surface area contributed by atoms with E-state index < -0.39 is 5.91 Å². The normalized spacial score (nSPS) is 7.73. The lowest BCUT2D eigenvalue weighted by atomic mass is 10.5. The summed E-state index contributed by atoms with van der Waals surface area (Å²) in [6, 6.07) is 5.72. The summed E-state index contributed by atoms with van der Waals surface area (Å²) >= 11 is 4.86. The van der Waals surface area contributed by atoms with Crippen LogP contribution in [0.3, 0.4) is 0 Å². The van der Waals surface area contributed by atoms with Gasteiger partial charge in [-0.05, 0) is 12.1 Å². The lowest BCUT2D eigenvalue weighted by Gasteiger charge is -1.71. The van der Waals surface area contributed by atoms with Crippen LogP contribution in [0.25, 0.3) is 0 Å². The molecule has 0 spiro atoms. The molecule has 4 heteroatoms. The average Bonchev–Trinajstić information content (AvgIpc) is 2.09. The van der Waals surface area contributed by atoms with Crippen molar-refractivity contribution in [2.24, 2.45) is 5.73 Å². The van der Waals surface area contributed by atoms with Crippen molar-refractivity contribution in [2.45, 2.75) is 0 Å². The predicted octanol–water partition coefficient (Wildman–Crippen LogP) is 0.792. The van der Waals surface area contributed by atoms with E-state index >= 15 is 0 Å². The Kier molecular flexibility index (Phi) is 6.33. The number of nitrogens with two attached hydrogens (primary N) is 1. The van der Waals surface area contributed by atoms with Gasteiger partial charge in [0.15, 0.2) is 0 Å². The highest BCUT2D eigenvalue weighted by molar-refractivity contribution is 6.27. The van der Waals surface area contributed by atoms with Crippen LogP contribution in [0.5, 0.6) is 0 Å². The van der Waals surface area contributed by atoms with E-state index in [1.54, 1.807) is 12.4 Å². The Morgan fingerprint density at radius 1 is 1.36 bits per heavy atom. The molecule has 1 heterocycles. The molecule has 0 aliphatic heterocycles. The van der Waals surface area contributed by atoms with Gasteiger partial charge in [-0.25, -0.2) is 0 Å². The van der Waals surface area contributed by atoms with Crippen LogP contribution in [-0.4, -0.2) is 16.8 Å². The first kappa shape index (κ1) is 9.91. The molecule has 1 aromatic heterocycles. The van der Waals surface area contributed by atoms with Crippen LogP contribution in [0.15, 0.2) is 30.6 Å². The summed E-state index contributed by atoms with van der Waals surface area (Å²) in [6.07, 6.45) is 3.50. The van der Waals surface area contributed by atoms with Gasteiger partial charge in [0.05, 0.1) is 0 Å². The summed E-state index contributed by atoms with van der Waals surface area (Å²) in [4.78, 5) is 13.2. The number of alkyl halides is 1. The Bertz CT molecular complexity index is 164. The van der Waals surface area contributed by atoms with Gasteiger partial charge in [0.2, 0.25) is 5.91 Å². The first-order valence-electron chi connectivity index (χ1n) is 2.96. The van der Waals surface area contributed by atoms with Crippen LogP contribution < -0.4 is 5.73 Å². The molecule has 0 radical (unpaired) electrons. The van der Waals surface area contributed by atoms with Crippen molar-refractivity contribution in [1.29, 1.82) is 0 Å². The molecule has 0 aliphatic carbocycles. The zero-order valence-corrected chi connectivity index (χ0v) is 6.66. The van der Waals surface area contributed by atoms with Crippen molar-refractivity contribution >= 4 is 17.5 Å². The standard InChI is InChI=1S/C5H5N.C2H4ClNO/c1-2-4-6-5-3-1;3-1-2(4)5/h1-5H;1H2,(H2,4,5). The van der Waals surface area contributed by atoms with Gasteiger partial charge in [0, 0.05) is 12.4 Å². The summed E-state index contributed by atoms with van der Waals surface area (Å²) in [7, 11) is 0. The number of primary amides is 1. The van der Waals surface area contributed by atoms with Gasteiger partial charge >= 0.3 is 0 Å². The molecule has 0 aromatic carbocycles. The summed E-state index contributed by atoms with van der Waals surface area (Å²) in [6.45, 7) is 0. The monoisotopic (exact) mass is 172 g/mol. The van der Waals surface area contributed by atoms with E-state index in [1.807, 2.05) is 18.2 Å². The highest BCUT2D eigenvalue weighted by atomic mass is 35.5. The number of carbonyl (C=O) groups is 1. The first-order chi connectivity index (χ1) is 5.27. The third-order valence-electron chi connectivity index (χ3n) is 0.698. The zero-order chi connectivity index (χ0) is 8.53. The fourth-order valence-electron chi connectivity index (χ4n) is 0.313. The Labute approximate surface area is 70.2 Å². The molecule has 0 bridgehead atoms. The summed E-state index contributed by atoms with van der Waals surface area (Å²) in [5.41, 5.74) is 4.52. The number of pyridine rings is 1. The molecular weight excluding hydrogens is 164 g/mol. The van der Waals surface area contributed by atoms with Crippen LogP contribution in [0, 0.1) is 0 Å². The minimum absolute atomic E-state index is 0.0833. The molecule has 3 nitrogen and oxygen atoms in total. The van der Waals surface area contributed by atoms with E-state index in [-0.39, 0.29) is 5.88 Å². The number of nitrogens with zero attached hydrogens (tertiary/aromatic N) is 1. The minimum atomic E-state index is -0.480. The van der Waals surface area contributed by atoms with Crippen LogP contribution in [0.1, 0.15) is 0 Å². The Morgan fingerprint density at radius 3 is 1.91 bits per heavy atom. The molecule has 0 atom stereocenters. The van der Waals surface area contributed by atoms with E-state index in [4.69, 9.17) is 11.6 Å². The van der Waals surface area contributed by atoms with Crippen LogP contribution in [0.2, 0.25) is 0 Å². The highest BCUT2D eigenvalue weighted by Crippen LogP contribution is 1.73. The maximum Gasteiger partial charge on any atom is 0.232 e. The molecule has 0 unspecified atom stereocenters. The van der Waals surface area contributed by atoms with Crippen molar-refractivity contribution in [2.75, 3.05) is 5.88 Å². The topological polar surface area (TPSA) is 56.0 Å². The van der Waals surface area contributed by atoms with Crippen molar-refractivity contribution in [3.05, 3.63) is 30.6 Å². The predicted molar refractivity (Wildman–Crippen MR) is 44.2 cm³/mol. The lowest BCUT2D eigenvalue weighted by Crippen LogP contribution is -2.10. The minimum Gasteiger partial charge on any atom is -0.369 e. The molecule has 60 valence electrons. The van der Waals surface area contributed by atoms with Crippen LogP contribution in [-0.2, 0) is 4.79 Å². The maximum absolute atomic E-state index is 9.46. The SMILES string of the molecule is NC(=O)CCl.c1ccncc1. The summed E-state index contributed by atoms with van der Waals surface area (Å²) in [5.74, 6) is -0.563. The van der Waals surface area contributed by atoms with Crippen molar-refractivity contribution < 1.29 is 4.79 Å². The van der Waals surface area contributed by atoms with E-state index in [0.717, 1.165) is 0 Å². The number of carbonyl (C=O) groups excluding carboxylic acids is 1. The second kappa shape index (κ2) is 7.02. The highest BCUT2D eigenvalue weighted by Gasteiger charge is 1.79. The number of aromatic nitrogens is 1. The second-order valence-corrected chi connectivity index (χ2v) is 1.89. The summed E-state index contributed by atoms with van der Waals surface area (Å²) < 4.78 is 0. The molecule has 1 amide bonds. The Balaban J connectivity index is 0.000000187. The molecule has 0 saturated carbocycles. The van der Waals surface area contributed by atoms with Gasteiger partial charge in [-0.15, -0.1) is 11.6 Å². The largest absolute Gasteiger partial charge is 0.369 e. The first-order valence-corrected chi connectivity index (χ1v) is 3.50. The average molecular weight is 173 g/mol. The van der Waals surface area contributed by atoms with Gasteiger partial charge in [-0.1, -0.05) is 6.07 Å². The smallest absolute Gasteiger partial charge is 0.232 e. The maximum atomic E-state index is 9.46.